The molecule has 0 amide bonds. The molecular weight excluding hydrogens is 252 g/mol. The Morgan fingerprint density at radius 1 is 1.16 bits per heavy atom. The number of hydrogen-bond donors (Lipinski definition) is 1. The molecule has 0 atom stereocenters. The smallest absolute Gasteiger partial charge is 0.0346 e. The number of unbranched alkanes of at least 4 members (excludes halogenated alkanes) is 2. The first-order chi connectivity index (χ1) is 9.42. The van der Waals surface area contributed by atoms with Gasteiger partial charge in [0.15, 0.2) is 0 Å². The van der Waals surface area contributed by atoms with Crippen LogP contribution in [0.4, 0.5) is 0 Å². The van der Waals surface area contributed by atoms with Gasteiger partial charge in [-0.05, 0) is 48.4 Å². The maximum Gasteiger partial charge on any atom is 0.0346 e. The summed E-state index contributed by atoms with van der Waals surface area (Å²) in [5.74, 6) is 1.29. The van der Waals surface area contributed by atoms with Crippen LogP contribution in [0, 0.1) is 0 Å². The van der Waals surface area contributed by atoms with Crippen LogP contribution < -0.4 is 5.32 Å². The van der Waals surface area contributed by atoms with Crippen molar-refractivity contribution >= 4 is 22.5 Å². The zero-order valence-electron chi connectivity index (χ0n) is 11.6. The third kappa shape index (κ3) is 4.51. The van der Waals surface area contributed by atoms with Crippen LogP contribution in [0.15, 0.2) is 36.7 Å². The van der Waals surface area contributed by atoms with Gasteiger partial charge < -0.3 is 5.32 Å². The predicted octanol–water partition coefficient (Wildman–Crippen LogP) is 3.86. The number of benzene rings is 1. The molecule has 2 nitrogen and oxygen atoms in total. The summed E-state index contributed by atoms with van der Waals surface area (Å²) in [4.78, 5) is 4.17. The van der Waals surface area contributed by atoms with E-state index in [-0.39, 0.29) is 0 Å². The van der Waals surface area contributed by atoms with Crippen molar-refractivity contribution in [1.82, 2.24) is 10.3 Å². The Hall–Kier alpha value is -1.06. The lowest BCUT2D eigenvalue weighted by atomic mass is 10.1. The Bertz CT molecular complexity index is 494. The van der Waals surface area contributed by atoms with Gasteiger partial charge in [-0.1, -0.05) is 24.6 Å². The van der Waals surface area contributed by atoms with Crippen molar-refractivity contribution in [2.75, 3.05) is 18.6 Å². The lowest BCUT2D eigenvalue weighted by Gasteiger charge is -2.08. The Morgan fingerprint density at radius 2 is 2.11 bits per heavy atom. The molecule has 0 aliphatic rings. The van der Waals surface area contributed by atoms with Crippen LogP contribution in [0.5, 0.6) is 0 Å². The first-order valence-electron chi connectivity index (χ1n) is 6.93. The molecule has 0 radical (unpaired) electrons. The van der Waals surface area contributed by atoms with Crippen molar-refractivity contribution < 1.29 is 0 Å². The number of fused-ring (bicyclic) bond motifs is 1. The van der Waals surface area contributed by atoms with Crippen molar-refractivity contribution in [2.24, 2.45) is 0 Å². The predicted molar refractivity (Wildman–Crippen MR) is 85.7 cm³/mol. The zero-order valence-corrected chi connectivity index (χ0v) is 12.4. The minimum Gasteiger partial charge on any atom is -0.313 e. The van der Waals surface area contributed by atoms with Crippen LogP contribution in [0.2, 0.25) is 0 Å². The monoisotopic (exact) mass is 274 g/mol. The summed E-state index contributed by atoms with van der Waals surface area (Å²) in [7, 11) is 0. The summed E-state index contributed by atoms with van der Waals surface area (Å²) in [5, 5.41) is 6.08. The molecule has 0 saturated heterocycles. The third-order valence-corrected chi connectivity index (χ3v) is 3.99. The fourth-order valence-electron chi connectivity index (χ4n) is 2.24. The minimum atomic E-state index is 0.948. The lowest BCUT2D eigenvalue weighted by molar-refractivity contribution is 0.620. The van der Waals surface area contributed by atoms with E-state index >= 15 is 0 Å². The molecule has 0 aliphatic heterocycles. The molecule has 3 heteroatoms. The van der Waals surface area contributed by atoms with Crippen LogP contribution in [-0.2, 0) is 6.54 Å². The molecule has 102 valence electrons. The molecule has 1 N–H and O–H groups in total. The fourth-order valence-corrected chi connectivity index (χ4v) is 2.73. The molecule has 1 aromatic heterocycles. The largest absolute Gasteiger partial charge is 0.313 e. The van der Waals surface area contributed by atoms with Gasteiger partial charge in [0.1, 0.15) is 0 Å². The molecule has 19 heavy (non-hydrogen) atoms. The molecule has 2 aromatic rings. The second kappa shape index (κ2) is 8.18. The summed E-state index contributed by atoms with van der Waals surface area (Å²) in [6, 6.07) is 8.53. The van der Waals surface area contributed by atoms with Crippen LogP contribution >= 0.6 is 11.8 Å². The van der Waals surface area contributed by atoms with Crippen LogP contribution in [0.3, 0.4) is 0 Å². The molecular formula is C16H22N2S. The Kier molecular flexibility index (Phi) is 6.18. The molecule has 0 bridgehead atoms. The quantitative estimate of drug-likeness (QED) is 0.740. The van der Waals surface area contributed by atoms with E-state index in [0.29, 0.717) is 0 Å². The molecule has 0 saturated carbocycles. The summed E-state index contributed by atoms with van der Waals surface area (Å²) in [6.07, 6.45) is 9.91. The highest BCUT2D eigenvalue weighted by Gasteiger charge is 1.99. The first-order valence-corrected chi connectivity index (χ1v) is 8.32. The number of thioether (sulfide) groups is 1. The number of nitrogens with zero attached hydrogens (tertiary/aromatic N) is 1. The molecule has 0 aliphatic carbocycles. The second-order valence-corrected chi connectivity index (χ2v) is 5.73. The topological polar surface area (TPSA) is 24.9 Å². The molecule has 1 aromatic carbocycles. The van der Waals surface area contributed by atoms with Crippen LogP contribution in [-0.4, -0.2) is 23.5 Å². The molecule has 0 spiro atoms. The highest BCUT2D eigenvalue weighted by atomic mass is 32.2. The fraction of sp³-hybridized carbons (Fsp3) is 0.438. The maximum absolute atomic E-state index is 4.17. The van der Waals surface area contributed by atoms with Gasteiger partial charge in [-0.25, -0.2) is 0 Å². The van der Waals surface area contributed by atoms with Gasteiger partial charge >= 0.3 is 0 Å². The zero-order chi connectivity index (χ0) is 13.3. The minimum absolute atomic E-state index is 0.948. The van der Waals surface area contributed by atoms with Crippen molar-refractivity contribution in [3.8, 4) is 0 Å². The number of rotatable bonds is 8. The summed E-state index contributed by atoms with van der Waals surface area (Å²) >= 11 is 1.94. The van der Waals surface area contributed by atoms with Gasteiger partial charge in [0.05, 0.1) is 0 Å². The van der Waals surface area contributed by atoms with E-state index in [2.05, 4.69) is 40.8 Å². The van der Waals surface area contributed by atoms with Crippen molar-refractivity contribution in [3.05, 3.63) is 42.2 Å². The second-order valence-electron chi connectivity index (χ2n) is 4.74. The van der Waals surface area contributed by atoms with E-state index in [4.69, 9.17) is 0 Å². The number of aromatic nitrogens is 1. The van der Waals surface area contributed by atoms with Crippen LogP contribution in [0.25, 0.3) is 10.8 Å². The third-order valence-electron chi connectivity index (χ3n) is 3.29. The van der Waals surface area contributed by atoms with Crippen molar-refractivity contribution in [3.63, 3.8) is 0 Å². The summed E-state index contributed by atoms with van der Waals surface area (Å²) in [5.41, 5.74) is 1.36. The summed E-state index contributed by atoms with van der Waals surface area (Å²) in [6.45, 7) is 2.06. The lowest BCUT2D eigenvalue weighted by Crippen LogP contribution is -2.14. The molecule has 2 rings (SSSR count). The Balaban J connectivity index is 1.78. The number of pyridine rings is 1. The average Bonchev–Trinajstić information content (AvgIpc) is 2.46. The summed E-state index contributed by atoms with van der Waals surface area (Å²) < 4.78 is 0. The van der Waals surface area contributed by atoms with Gasteiger partial charge in [0.2, 0.25) is 0 Å². The van der Waals surface area contributed by atoms with Crippen molar-refractivity contribution in [1.29, 1.82) is 0 Å². The number of nitrogens with one attached hydrogen (secondary N) is 1. The normalized spacial score (nSPS) is 11.0. The molecule has 0 fully saturated rings. The van der Waals surface area contributed by atoms with Gasteiger partial charge in [-0.15, -0.1) is 0 Å². The van der Waals surface area contributed by atoms with E-state index in [9.17, 15) is 0 Å². The standard InChI is InChI=1S/C16H22N2S/c1-19-11-4-2-3-9-17-12-14-6-5-7-15-13-18-10-8-16(14)15/h5-8,10,13,17H,2-4,9,11-12H2,1H3. The molecule has 0 unspecified atom stereocenters. The van der Waals surface area contributed by atoms with Gasteiger partial charge in [0.25, 0.3) is 0 Å². The van der Waals surface area contributed by atoms with E-state index in [1.807, 2.05) is 24.2 Å². The van der Waals surface area contributed by atoms with Crippen LogP contribution in [0.1, 0.15) is 24.8 Å². The molecule has 1 heterocycles. The maximum atomic E-state index is 4.17. The Morgan fingerprint density at radius 3 is 3.00 bits per heavy atom. The number of hydrogen-bond acceptors (Lipinski definition) is 3. The van der Waals surface area contributed by atoms with Gasteiger partial charge in [0, 0.05) is 24.3 Å². The van der Waals surface area contributed by atoms with Crippen molar-refractivity contribution in [2.45, 2.75) is 25.8 Å². The highest BCUT2D eigenvalue weighted by Crippen LogP contribution is 2.17. The van der Waals surface area contributed by atoms with E-state index in [1.54, 1.807) is 0 Å². The van der Waals surface area contributed by atoms with E-state index < -0.39 is 0 Å². The van der Waals surface area contributed by atoms with Gasteiger partial charge in [-0.2, -0.15) is 11.8 Å². The SMILES string of the molecule is CSCCCCCNCc1cccc2cnccc12. The van der Waals surface area contributed by atoms with E-state index in [1.165, 1.54) is 41.4 Å². The average molecular weight is 274 g/mol. The van der Waals surface area contributed by atoms with Gasteiger partial charge in [-0.3, -0.25) is 4.98 Å². The Labute approximate surface area is 120 Å². The highest BCUT2D eigenvalue weighted by molar-refractivity contribution is 7.98. The van der Waals surface area contributed by atoms with E-state index in [0.717, 1.165) is 13.1 Å². The first kappa shape index (κ1) is 14.4.